The summed E-state index contributed by atoms with van der Waals surface area (Å²) < 4.78 is 38.5. The predicted molar refractivity (Wildman–Crippen MR) is 100 cm³/mol. The van der Waals surface area contributed by atoms with E-state index in [-0.39, 0.29) is 42.6 Å². The van der Waals surface area contributed by atoms with E-state index >= 15 is 0 Å². The highest BCUT2D eigenvalue weighted by Crippen LogP contribution is 2.26. The van der Waals surface area contributed by atoms with Gasteiger partial charge in [0.15, 0.2) is 5.82 Å². The van der Waals surface area contributed by atoms with Gasteiger partial charge in [-0.15, -0.1) is 0 Å². The van der Waals surface area contributed by atoms with E-state index in [0.717, 1.165) is 5.56 Å². The molecule has 1 atom stereocenters. The second kappa shape index (κ2) is 9.01. The quantitative estimate of drug-likeness (QED) is 0.693. The summed E-state index contributed by atoms with van der Waals surface area (Å²) in [6, 6.07) is 5.96. The molecule has 3 rings (SSSR count). The van der Waals surface area contributed by atoms with Gasteiger partial charge in [0.1, 0.15) is 11.6 Å². The van der Waals surface area contributed by atoms with Gasteiger partial charge in [0.25, 0.3) is 0 Å². The number of rotatable bonds is 8. The minimum absolute atomic E-state index is 0.104. The van der Waals surface area contributed by atoms with Crippen LogP contribution in [0, 0.1) is 11.6 Å². The van der Waals surface area contributed by atoms with E-state index in [9.17, 15) is 13.6 Å². The minimum Gasteiger partial charge on any atom is -0.478 e. The van der Waals surface area contributed by atoms with Gasteiger partial charge in [-0.3, -0.25) is 9.78 Å². The molecule has 2 aromatic rings. The number of hydrogen-bond acceptors (Lipinski definition) is 5. The van der Waals surface area contributed by atoms with Gasteiger partial charge in [0.05, 0.1) is 37.4 Å². The summed E-state index contributed by atoms with van der Waals surface area (Å²) in [5, 5.41) is 0. The second-order valence-corrected chi connectivity index (χ2v) is 6.59. The molecule has 28 heavy (non-hydrogen) atoms. The van der Waals surface area contributed by atoms with Crippen molar-refractivity contribution in [3.05, 3.63) is 64.5 Å². The predicted octanol–water partition coefficient (Wildman–Crippen LogP) is 3.59. The molecule has 0 saturated heterocycles. The van der Waals surface area contributed by atoms with Gasteiger partial charge in [-0.05, 0) is 24.6 Å². The molecule has 1 aliphatic heterocycles. The van der Waals surface area contributed by atoms with Crippen LogP contribution in [0.2, 0.25) is 0 Å². The number of benzene rings is 1. The lowest BCUT2D eigenvalue weighted by Gasteiger charge is -2.16. The van der Waals surface area contributed by atoms with Crippen LogP contribution in [-0.4, -0.2) is 37.0 Å². The van der Waals surface area contributed by atoms with Gasteiger partial charge < -0.3 is 9.47 Å². The zero-order valence-corrected chi connectivity index (χ0v) is 15.9. The summed E-state index contributed by atoms with van der Waals surface area (Å²) in [4.78, 5) is 20.9. The van der Waals surface area contributed by atoms with E-state index in [4.69, 9.17) is 9.47 Å². The van der Waals surface area contributed by atoms with Crippen molar-refractivity contribution >= 4 is 11.7 Å². The fraction of sp³-hybridized carbons (Fsp3) is 0.381. The van der Waals surface area contributed by atoms with Crippen LogP contribution in [0.5, 0.6) is 0 Å². The van der Waals surface area contributed by atoms with Crippen molar-refractivity contribution in [2.24, 2.45) is 4.99 Å². The molecule has 0 fully saturated rings. The lowest BCUT2D eigenvalue weighted by Crippen LogP contribution is -2.16. The monoisotopic (exact) mass is 388 g/mol. The molecule has 1 aromatic carbocycles. The molecule has 0 radical (unpaired) electrons. The number of pyridine rings is 1. The van der Waals surface area contributed by atoms with Crippen LogP contribution in [0.25, 0.3) is 0 Å². The van der Waals surface area contributed by atoms with Crippen molar-refractivity contribution in [2.45, 2.75) is 32.2 Å². The normalized spacial score (nSPS) is 13.8. The highest BCUT2D eigenvalue weighted by Gasteiger charge is 2.25. The third-order valence-electron chi connectivity index (χ3n) is 4.63. The summed E-state index contributed by atoms with van der Waals surface area (Å²) in [5.74, 6) is -0.859. The fourth-order valence-corrected chi connectivity index (χ4v) is 3.27. The molecule has 2 heterocycles. The first kappa shape index (κ1) is 20.1. The molecule has 0 unspecified atom stereocenters. The van der Waals surface area contributed by atoms with Crippen LogP contribution < -0.4 is 0 Å². The van der Waals surface area contributed by atoms with E-state index in [1.54, 1.807) is 19.2 Å². The standard InChI is InChI=1S/C21H22F2N2O3/c1-3-28-21-18-11-24-19(20(23)17(18)10-25-21)9-16(26)8-14(12-27-2)13-4-6-15(22)7-5-13/h4-7,11,14H,3,8-10,12H2,1-2H3/t14-/m1/s1. The number of methoxy groups -OCH3 is 1. The molecule has 0 aliphatic carbocycles. The smallest absolute Gasteiger partial charge is 0.218 e. The number of ether oxygens (including phenoxy) is 2. The van der Waals surface area contributed by atoms with Crippen LogP contribution in [0.4, 0.5) is 8.78 Å². The molecule has 148 valence electrons. The van der Waals surface area contributed by atoms with Crippen LogP contribution in [0.15, 0.2) is 35.5 Å². The number of Topliss-reactive ketones (excluding diaryl/α,β-unsaturated/α-hetero) is 1. The van der Waals surface area contributed by atoms with Crippen LogP contribution in [0.1, 0.15) is 41.6 Å². The Morgan fingerprint density at radius 2 is 2.00 bits per heavy atom. The Hall–Kier alpha value is -2.67. The maximum absolute atomic E-state index is 14.8. The molecule has 0 amide bonds. The van der Waals surface area contributed by atoms with Crippen molar-refractivity contribution in [2.75, 3.05) is 20.3 Å². The first-order valence-electron chi connectivity index (χ1n) is 9.13. The van der Waals surface area contributed by atoms with E-state index in [1.807, 2.05) is 6.92 Å². The Bertz CT molecular complexity index is 882. The van der Waals surface area contributed by atoms with E-state index in [2.05, 4.69) is 9.98 Å². The summed E-state index contributed by atoms with van der Waals surface area (Å²) in [6.45, 7) is 2.75. The lowest BCUT2D eigenvalue weighted by atomic mass is 9.92. The number of nitrogens with zero attached hydrogens (tertiary/aromatic N) is 2. The first-order valence-corrected chi connectivity index (χ1v) is 9.13. The molecule has 5 nitrogen and oxygen atoms in total. The Morgan fingerprint density at radius 3 is 2.68 bits per heavy atom. The number of aromatic nitrogens is 1. The fourth-order valence-electron chi connectivity index (χ4n) is 3.27. The maximum Gasteiger partial charge on any atom is 0.218 e. The van der Waals surface area contributed by atoms with Gasteiger partial charge in [-0.1, -0.05) is 12.1 Å². The molecular weight excluding hydrogens is 366 g/mol. The molecule has 0 saturated carbocycles. The maximum atomic E-state index is 14.8. The number of fused-ring (bicyclic) bond motifs is 1. The number of hydrogen-bond donors (Lipinski definition) is 0. The Labute approximate surface area is 162 Å². The van der Waals surface area contributed by atoms with Crippen LogP contribution in [-0.2, 0) is 27.2 Å². The van der Waals surface area contributed by atoms with Gasteiger partial charge in [-0.2, -0.15) is 0 Å². The van der Waals surface area contributed by atoms with Gasteiger partial charge in [-0.25, -0.2) is 13.8 Å². The second-order valence-electron chi connectivity index (χ2n) is 6.59. The van der Waals surface area contributed by atoms with E-state index < -0.39 is 5.82 Å². The molecular formula is C21H22F2N2O3. The van der Waals surface area contributed by atoms with Crippen molar-refractivity contribution in [3.63, 3.8) is 0 Å². The average molecular weight is 388 g/mol. The zero-order valence-electron chi connectivity index (χ0n) is 15.9. The summed E-state index contributed by atoms with van der Waals surface area (Å²) in [6.07, 6.45) is 1.54. The van der Waals surface area contributed by atoms with Gasteiger partial charge >= 0.3 is 0 Å². The average Bonchev–Trinajstić information content (AvgIpc) is 3.08. The van der Waals surface area contributed by atoms with Crippen molar-refractivity contribution in [3.8, 4) is 0 Å². The summed E-state index contributed by atoms with van der Waals surface area (Å²) in [7, 11) is 1.54. The molecule has 0 N–H and O–H groups in total. The van der Waals surface area contributed by atoms with E-state index in [1.165, 1.54) is 18.3 Å². The lowest BCUT2D eigenvalue weighted by molar-refractivity contribution is -0.119. The molecule has 1 aromatic heterocycles. The third kappa shape index (κ3) is 4.42. The van der Waals surface area contributed by atoms with E-state index in [0.29, 0.717) is 30.2 Å². The molecule has 0 bridgehead atoms. The van der Waals surface area contributed by atoms with Crippen molar-refractivity contribution < 1.29 is 23.0 Å². The zero-order chi connectivity index (χ0) is 20.1. The van der Waals surface area contributed by atoms with Crippen LogP contribution >= 0.6 is 0 Å². The first-order chi connectivity index (χ1) is 13.5. The number of carbonyl (C=O) groups excluding carboxylic acids is 1. The SMILES string of the molecule is CCOC1=NCc2c1cnc(CC(=O)C[C@H](COC)c1ccc(F)cc1)c2F. The van der Waals surface area contributed by atoms with Gasteiger partial charge in [0.2, 0.25) is 5.90 Å². The van der Waals surface area contributed by atoms with Crippen molar-refractivity contribution in [1.29, 1.82) is 0 Å². The third-order valence-corrected chi connectivity index (χ3v) is 4.63. The summed E-state index contributed by atoms with van der Waals surface area (Å²) in [5.41, 5.74) is 1.85. The topological polar surface area (TPSA) is 60.8 Å². The Balaban J connectivity index is 1.71. The summed E-state index contributed by atoms with van der Waals surface area (Å²) >= 11 is 0. The number of halogens is 2. The number of ketones is 1. The van der Waals surface area contributed by atoms with Gasteiger partial charge in [0, 0.05) is 31.2 Å². The highest BCUT2D eigenvalue weighted by atomic mass is 19.1. The van der Waals surface area contributed by atoms with Crippen LogP contribution in [0.3, 0.4) is 0 Å². The molecule has 1 aliphatic rings. The Kier molecular flexibility index (Phi) is 6.46. The largest absolute Gasteiger partial charge is 0.478 e. The molecule has 0 spiro atoms. The Morgan fingerprint density at radius 1 is 1.25 bits per heavy atom. The highest BCUT2D eigenvalue weighted by molar-refractivity contribution is 5.97. The van der Waals surface area contributed by atoms with Crippen molar-refractivity contribution in [1.82, 2.24) is 4.98 Å². The molecule has 7 heteroatoms. The minimum atomic E-state index is -0.505. The number of aliphatic imine (C=N–C) groups is 1. The number of carbonyl (C=O) groups is 1.